The molecule has 4 nitrogen and oxygen atoms in total. The Morgan fingerprint density at radius 1 is 1.33 bits per heavy atom. The van der Waals surface area contributed by atoms with Crippen molar-refractivity contribution in [3.63, 3.8) is 0 Å². The van der Waals surface area contributed by atoms with Gasteiger partial charge in [-0.25, -0.2) is 0 Å². The zero-order chi connectivity index (χ0) is 15.5. The van der Waals surface area contributed by atoms with Crippen LogP contribution in [-0.2, 0) is 13.1 Å². The minimum absolute atomic E-state index is 0.135. The maximum atomic E-state index is 5.73. The maximum absolute atomic E-state index is 5.73. The van der Waals surface area contributed by atoms with E-state index in [1.807, 2.05) is 6.26 Å². The van der Waals surface area contributed by atoms with E-state index in [1.165, 1.54) is 5.56 Å². The summed E-state index contributed by atoms with van der Waals surface area (Å²) in [5.41, 5.74) is 1.42. The molecule has 1 atom stereocenters. The third-order valence-corrected chi connectivity index (χ3v) is 4.27. The van der Waals surface area contributed by atoms with Crippen LogP contribution in [-0.4, -0.2) is 47.6 Å². The number of likely N-dealkylation sites (N-methyl/N-ethyl adjacent to an activating group) is 1. The van der Waals surface area contributed by atoms with Crippen LogP contribution in [0.5, 0.6) is 0 Å². The van der Waals surface area contributed by atoms with Gasteiger partial charge in [0.15, 0.2) is 0 Å². The average molecular weight is 293 g/mol. The lowest BCUT2D eigenvalue weighted by Gasteiger charge is -2.39. The summed E-state index contributed by atoms with van der Waals surface area (Å²) in [6.07, 6.45) is 1.82. The second-order valence-corrected chi connectivity index (χ2v) is 7.19. The molecule has 1 N–H and O–H groups in total. The van der Waals surface area contributed by atoms with Gasteiger partial charge in [-0.05, 0) is 40.3 Å². The number of rotatable bonds is 5. The fourth-order valence-corrected chi connectivity index (χ4v) is 2.91. The highest BCUT2D eigenvalue weighted by molar-refractivity contribution is 5.17. The highest BCUT2D eigenvalue weighted by atomic mass is 16.3. The van der Waals surface area contributed by atoms with Crippen molar-refractivity contribution in [2.75, 3.05) is 26.2 Å². The van der Waals surface area contributed by atoms with Crippen molar-refractivity contribution >= 4 is 0 Å². The van der Waals surface area contributed by atoms with E-state index in [1.54, 1.807) is 0 Å². The van der Waals surface area contributed by atoms with Gasteiger partial charge in [0.1, 0.15) is 5.76 Å². The predicted octanol–water partition coefficient (Wildman–Crippen LogP) is 2.69. The molecule has 0 saturated carbocycles. The molecule has 120 valence electrons. The van der Waals surface area contributed by atoms with Crippen LogP contribution in [0.25, 0.3) is 0 Å². The summed E-state index contributed by atoms with van der Waals surface area (Å²) in [7, 11) is 0. The number of nitrogens with one attached hydrogen (secondary N) is 1. The molecule has 0 amide bonds. The molecule has 1 saturated heterocycles. The molecule has 21 heavy (non-hydrogen) atoms. The number of piperazine rings is 1. The van der Waals surface area contributed by atoms with Gasteiger partial charge in [0, 0.05) is 43.3 Å². The van der Waals surface area contributed by atoms with E-state index in [0.29, 0.717) is 6.04 Å². The number of hydrogen-bond acceptors (Lipinski definition) is 4. The highest BCUT2D eigenvalue weighted by Gasteiger charge is 2.23. The third kappa shape index (κ3) is 4.83. The topological polar surface area (TPSA) is 31.6 Å². The zero-order valence-corrected chi connectivity index (χ0v) is 14.3. The van der Waals surface area contributed by atoms with Gasteiger partial charge in [-0.3, -0.25) is 9.80 Å². The Kier molecular flexibility index (Phi) is 5.47. The van der Waals surface area contributed by atoms with Gasteiger partial charge in [0.2, 0.25) is 0 Å². The van der Waals surface area contributed by atoms with Crippen LogP contribution < -0.4 is 5.32 Å². The molecule has 4 heteroatoms. The molecule has 0 bridgehead atoms. The van der Waals surface area contributed by atoms with Crippen molar-refractivity contribution < 1.29 is 4.42 Å². The molecule has 1 aliphatic rings. The van der Waals surface area contributed by atoms with Gasteiger partial charge in [0.25, 0.3) is 0 Å². The van der Waals surface area contributed by atoms with Crippen LogP contribution in [0.1, 0.15) is 45.9 Å². The fraction of sp³-hybridized carbons (Fsp3) is 0.765. The average Bonchev–Trinajstić information content (AvgIpc) is 2.83. The van der Waals surface area contributed by atoms with E-state index >= 15 is 0 Å². The van der Waals surface area contributed by atoms with E-state index in [9.17, 15) is 0 Å². The lowest BCUT2D eigenvalue weighted by molar-refractivity contribution is 0.0786. The predicted molar refractivity (Wildman–Crippen MR) is 87.3 cm³/mol. The van der Waals surface area contributed by atoms with Crippen molar-refractivity contribution in [3.8, 4) is 0 Å². The SMILES string of the molecule is CCN1CCN(Cc2occc2CNC(C)(C)C)CC1C. The second kappa shape index (κ2) is 6.95. The van der Waals surface area contributed by atoms with Crippen molar-refractivity contribution in [1.29, 1.82) is 0 Å². The first-order valence-electron chi connectivity index (χ1n) is 8.15. The van der Waals surface area contributed by atoms with Gasteiger partial charge in [-0.1, -0.05) is 6.92 Å². The Balaban J connectivity index is 1.90. The molecule has 1 unspecified atom stereocenters. The van der Waals surface area contributed by atoms with E-state index in [2.05, 4.69) is 55.8 Å². The Morgan fingerprint density at radius 2 is 2.10 bits per heavy atom. The van der Waals surface area contributed by atoms with Gasteiger partial charge in [-0.15, -0.1) is 0 Å². The normalized spacial score (nSPS) is 21.9. The Hall–Kier alpha value is -0.840. The highest BCUT2D eigenvalue weighted by Crippen LogP contribution is 2.17. The monoisotopic (exact) mass is 293 g/mol. The first-order valence-corrected chi connectivity index (χ1v) is 8.15. The van der Waals surface area contributed by atoms with Gasteiger partial charge in [-0.2, -0.15) is 0 Å². The molecular weight excluding hydrogens is 262 g/mol. The smallest absolute Gasteiger partial charge is 0.122 e. The van der Waals surface area contributed by atoms with Crippen molar-refractivity contribution in [1.82, 2.24) is 15.1 Å². The van der Waals surface area contributed by atoms with Gasteiger partial charge >= 0.3 is 0 Å². The van der Waals surface area contributed by atoms with Crippen LogP contribution >= 0.6 is 0 Å². The molecule has 0 aliphatic carbocycles. The summed E-state index contributed by atoms with van der Waals surface area (Å²) in [6.45, 7) is 17.5. The fourth-order valence-electron chi connectivity index (χ4n) is 2.91. The molecule has 2 rings (SSSR count). The molecule has 0 spiro atoms. The molecule has 1 fully saturated rings. The van der Waals surface area contributed by atoms with Crippen molar-refractivity contribution in [3.05, 3.63) is 23.7 Å². The lowest BCUT2D eigenvalue weighted by Crippen LogP contribution is -2.51. The molecule has 0 aromatic carbocycles. The van der Waals surface area contributed by atoms with Crippen LogP contribution in [0.2, 0.25) is 0 Å². The first kappa shape index (κ1) is 16.5. The quantitative estimate of drug-likeness (QED) is 0.904. The van der Waals surface area contributed by atoms with Crippen molar-refractivity contribution in [2.24, 2.45) is 0 Å². The van der Waals surface area contributed by atoms with Gasteiger partial charge in [0.05, 0.1) is 12.8 Å². The van der Waals surface area contributed by atoms with Crippen LogP contribution in [0, 0.1) is 0 Å². The molecule has 1 aliphatic heterocycles. The summed E-state index contributed by atoms with van der Waals surface area (Å²) in [6, 6.07) is 2.73. The number of nitrogens with zero attached hydrogens (tertiary/aromatic N) is 2. The number of hydrogen-bond donors (Lipinski definition) is 1. The first-order chi connectivity index (χ1) is 9.89. The second-order valence-electron chi connectivity index (χ2n) is 7.19. The summed E-state index contributed by atoms with van der Waals surface area (Å²) in [5, 5.41) is 3.54. The minimum atomic E-state index is 0.135. The van der Waals surface area contributed by atoms with Gasteiger partial charge < -0.3 is 9.73 Å². The molecular formula is C17H31N3O. The maximum Gasteiger partial charge on any atom is 0.122 e. The Labute approximate surface area is 129 Å². The zero-order valence-electron chi connectivity index (χ0n) is 14.3. The lowest BCUT2D eigenvalue weighted by atomic mass is 10.1. The van der Waals surface area contributed by atoms with E-state index in [4.69, 9.17) is 4.42 Å². The Morgan fingerprint density at radius 3 is 2.71 bits per heavy atom. The van der Waals surface area contributed by atoms with Crippen LogP contribution in [0.4, 0.5) is 0 Å². The Bertz CT molecular complexity index is 435. The summed E-state index contributed by atoms with van der Waals surface area (Å²) < 4.78 is 5.73. The third-order valence-electron chi connectivity index (χ3n) is 4.27. The largest absolute Gasteiger partial charge is 0.468 e. The van der Waals surface area contributed by atoms with Crippen LogP contribution in [0.15, 0.2) is 16.7 Å². The summed E-state index contributed by atoms with van der Waals surface area (Å²) in [5.74, 6) is 1.11. The summed E-state index contributed by atoms with van der Waals surface area (Å²) >= 11 is 0. The van der Waals surface area contributed by atoms with E-state index in [0.717, 1.165) is 45.0 Å². The standard InChI is InChI=1S/C17H31N3O/c1-6-20-9-8-19(12-14(20)2)13-16-15(7-10-21-16)11-18-17(3,4)5/h7,10,14,18H,6,8-9,11-13H2,1-5H3. The minimum Gasteiger partial charge on any atom is -0.468 e. The molecule has 0 radical (unpaired) electrons. The van der Waals surface area contributed by atoms with E-state index in [-0.39, 0.29) is 5.54 Å². The number of furan rings is 1. The van der Waals surface area contributed by atoms with E-state index < -0.39 is 0 Å². The molecule has 2 heterocycles. The molecule has 1 aromatic rings. The van der Waals surface area contributed by atoms with Crippen LogP contribution in [0.3, 0.4) is 0 Å². The van der Waals surface area contributed by atoms with Crippen molar-refractivity contribution in [2.45, 2.75) is 59.3 Å². The summed E-state index contributed by atoms with van der Waals surface area (Å²) in [4.78, 5) is 5.05. The molecule has 1 aromatic heterocycles.